The first-order valence-electron chi connectivity index (χ1n) is 3.64. The van der Waals surface area contributed by atoms with Crippen LogP contribution in [0.3, 0.4) is 0 Å². The van der Waals surface area contributed by atoms with Gasteiger partial charge >= 0.3 is 5.97 Å². The number of hydrogen-bond acceptors (Lipinski definition) is 3. The van der Waals surface area contributed by atoms with Gasteiger partial charge in [-0.2, -0.15) is 5.10 Å². The maximum atomic E-state index is 12.0. The summed E-state index contributed by atoms with van der Waals surface area (Å²) in [4.78, 5) is 11.0. The van der Waals surface area contributed by atoms with Crippen LogP contribution in [0.15, 0.2) is 10.8 Å². The van der Waals surface area contributed by atoms with Crippen LogP contribution < -0.4 is 0 Å². The minimum Gasteiger partial charge on any atom is -0.465 e. The van der Waals surface area contributed by atoms with Crippen molar-refractivity contribution in [2.24, 2.45) is 0 Å². The Balaban J connectivity index is 2.90. The van der Waals surface area contributed by atoms with Crippen LogP contribution in [0.5, 0.6) is 0 Å². The van der Waals surface area contributed by atoms with Crippen molar-refractivity contribution in [2.75, 3.05) is 7.11 Å². The lowest BCUT2D eigenvalue weighted by molar-refractivity contribution is 0.0598. The normalized spacial score (nSPS) is 10.6. The SMILES string of the molecule is COC(=O)c1cnn(CC(F)F)c1Br. The summed E-state index contributed by atoms with van der Waals surface area (Å²) in [5, 5.41) is 3.61. The molecule has 0 saturated carbocycles. The lowest BCUT2D eigenvalue weighted by atomic mass is 10.4. The van der Waals surface area contributed by atoms with E-state index in [0.29, 0.717) is 0 Å². The van der Waals surface area contributed by atoms with E-state index in [0.717, 1.165) is 4.68 Å². The van der Waals surface area contributed by atoms with Crippen LogP contribution in [0.4, 0.5) is 8.78 Å². The number of alkyl halides is 2. The average Bonchev–Trinajstić information content (AvgIpc) is 2.46. The number of carbonyl (C=O) groups excluding carboxylic acids is 1. The molecular weight excluding hydrogens is 262 g/mol. The molecule has 0 aromatic carbocycles. The number of hydrogen-bond donors (Lipinski definition) is 0. The van der Waals surface area contributed by atoms with E-state index >= 15 is 0 Å². The largest absolute Gasteiger partial charge is 0.465 e. The van der Waals surface area contributed by atoms with Crippen molar-refractivity contribution >= 4 is 21.9 Å². The molecule has 0 spiro atoms. The van der Waals surface area contributed by atoms with Crippen molar-refractivity contribution in [3.8, 4) is 0 Å². The molecule has 0 aliphatic heterocycles. The maximum absolute atomic E-state index is 12.0. The number of methoxy groups -OCH3 is 1. The molecule has 0 saturated heterocycles. The quantitative estimate of drug-likeness (QED) is 0.784. The predicted octanol–water partition coefficient (Wildman–Crippen LogP) is 1.70. The highest BCUT2D eigenvalue weighted by Gasteiger charge is 2.17. The molecule has 1 aromatic rings. The molecule has 14 heavy (non-hydrogen) atoms. The third-order valence-corrected chi connectivity index (χ3v) is 2.33. The van der Waals surface area contributed by atoms with Crippen LogP contribution in [0.25, 0.3) is 0 Å². The number of halogens is 3. The smallest absolute Gasteiger partial charge is 0.342 e. The van der Waals surface area contributed by atoms with Crippen LogP contribution in [-0.2, 0) is 11.3 Å². The third-order valence-electron chi connectivity index (χ3n) is 1.49. The number of aromatic nitrogens is 2. The summed E-state index contributed by atoms with van der Waals surface area (Å²) in [5.41, 5.74) is 0.133. The lowest BCUT2D eigenvalue weighted by Gasteiger charge is -2.01. The first-order valence-corrected chi connectivity index (χ1v) is 4.43. The number of nitrogens with zero attached hydrogens (tertiary/aromatic N) is 2. The second-order valence-electron chi connectivity index (χ2n) is 2.41. The van der Waals surface area contributed by atoms with E-state index in [1.165, 1.54) is 13.3 Å². The molecule has 0 amide bonds. The maximum Gasteiger partial charge on any atom is 0.342 e. The van der Waals surface area contributed by atoms with E-state index in [-0.39, 0.29) is 10.2 Å². The number of ether oxygens (including phenoxy) is 1. The molecular formula is C7H7BrF2N2O2. The van der Waals surface area contributed by atoms with E-state index in [4.69, 9.17) is 0 Å². The molecule has 1 aromatic heterocycles. The van der Waals surface area contributed by atoms with Gasteiger partial charge in [0, 0.05) is 0 Å². The van der Waals surface area contributed by atoms with Crippen molar-refractivity contribution in [2.45, 2.75) is 13.0 Å². The standard InChI is InChI=1S/C7H7BrF2N2O2/c1-14-7(13)4-2-11-12(6(4)8)3-5(9)10/h2,5H,3H2,1H3. The summed E-state index contributed by atoms with van der Waals surface area (Å²) in [5.74, 6) is -0.614. The number of esters is 1. The molecule has 0 atom stereocenters. The molecule has 0 bridgehead atoms. The van der Waals surface area contributed by atoms with Crippen LogP contribution >= 0.6 is 15.9 Å². The summed E-state index contributed by atoms with van der Waals surface area (Å²) in [7, 11) is 1.21. The summed E-state index contributed by atoms with van der Waals surface area (Å²) >= 11 is 2.99. The number of rotatable bonds is 3. The highest BCUT2D eigenvalue weighted by atomic mass is 79.9. The van der Waals surface area contributed by atoms with Crippen molar-refractivity contribution in [1.82, 2.24) is 9.78 Å². The van der Waals surface area contributed by atoms with Crippen molar-refractivity contribution < 1.29 is 18.3 Å². The number of carbonyl (C=O) groups is 1. The first-order chi connectivity index (χ1) is 6.56. The molecule has 1 heterocycles. The zero-order chi connectivity index (χ0) is 10.7. The average molecular weight is 269 g/mol. The van der Waals surface area contributed by atoms with Gasteiger partial charge in [0.2, 0.25) is 0 Å². The van der Waals surface area contributed by atoms with Gasteiger partial charge in [0.05, 0.1) is 13.3 Å². The van der Waals surface area contributed by atoms with Gasteiger partial charge in [0.25, 0.3) is 6.43 Å². The molecule has 7 heteroatoms. The van der Waals surface area contributed by atoms with Gasteiger partial charge in [-0.3, -0.25) is 4.68 Å². The van der Waals surface area contributed by atoms with Crippen molar-refractivity contribution in [1.29, 1.82) is 0 Å². The second kappa shape index (κ2) is 4.50. The summed E-state index contributed by atoms with van der Waals surface area (Å²) < 4.78 is 29.6. The van der Waals surface area contributed by atoms with Crippen LogP contribution in [0.1, 0.15) is 10.4 Å². The van der Waals surface area contributed by atoms with E-state index in [9.17, 15) is 13.6 Å². The highest BCUT2D eigenvalue weighted by molar-refractivity contribution is 9.10. The Bertz CT molecular complexity index is 340. The Morgan fingerprint density at radius 2 is 2.43 bits per heavy atom. The summed E-state index contributed by atoms with van der Waals surface area (Å²) in [6, 6.07) is 0. The van der Waals surface area contributed by atoms with Crippen LogP contribution in [-0.4, -0.2) is 29.3 Å². The first kappa shape index (κ1) is 11.1. The van der Waals surface area contributed by atoms with Crippen molar-refractivity contribution in [3.05, 3.63) is 16.4 Å². The monoisotopic (exact) mass is 268 g/mol. The van der Waals surface area contributed by atoms with Gasteiger partial charge in [0.1, 0.15) is 16.7 Å². The fourth-order valence-electron chi connectivity index (χ4n) is 0.875. The zero-order valence-electron chi connectivity index (χ0n) is 7.21. The van der Waals surface area contributed by atoms with Gasteiger partial charge < -0.3 is 4.74 Å². The van der Waals surface area contributed by atoms with Gasteiger partial charge in [-0.1, -0.05) is 0 Å². The second-order valence-corrected chi connectivity index (χ2v) is 3.16. The van der Waals surface area contributed by atoms with Crippen molar-refractivity contribution in [3.63, 3.8) is 0 Å². The summed E-state index contributed by atoms with van der Waals surface area (Å²) in [6.45, 7) is -0.558. The van der Waals surface area contributed by atoms with E-state index in [1.54, 1.807) is 0 Å². The molecule has 0 aliphatic carbocycles. The van der Waals surface area contributed by atoms with Crippen LogP contribution in [0, 0.1) is 0 Å². The van der Waals surface area contributed by atoms with Gasteiger partial charge in [0.15, 0.2) is 0 Å². The van der Waals surface area contributed by atoms with Gasteiger partial charge in [-0.25, -0.2) is 13.6 Å². The van der Waals surface area contributed by atoms with E-state index < -0.39 is 18.9 Å². The van der Waals surface area contributed by atoms with E-state index in [2.05, 4.69) is 25.8 Å². The molecule has 0 fully saturated rings. The van der Waals surface area contributed by atoms with Gasteiger partial charge in [-0.15, -0.1) is 0 Å². The molecule has 4 nitrogen and oxygen atoms in total. The Hall–Kier alpha value is -0.980. The molecule has 0 unspecified atom stereocenters. The lowest BCUT2D eigenvalue weighted by Crippen LogP contribution is -2.09. The Morgan fingerprint density at radius 3 is 2.93 bits per heavy atom. The minimum atomic E-state index is -2.52. The minimum absolute atomic E-state index is 0.133. The Kier molecular flexibility index (Phi) is 3.56. The molecule has 0 radical (unpaired) electrons. The Morgan fingerprint density at radius 1 is 1.79 bits per heavy atom. The predicted molar refractivity (Wildman–Crippen MR) is 47.3 cm³/mol. The van der Waals surface area contributed by atoms with Gasteiger partial charge in [-0.05, 0) is 15.9 Å². The summed E-state index contributed by atoms with van der Waals surface area (Å²) in [6.07, 6.45) is -1.34. The molecule has 0 N–H and O–H groups in total. The zero-order valence-corrected chi connectivity index (χ0v) is 8.79. The topological polar surface area (TPSA) is 44.1 Å². The highest BCUT2D eigenvalue weighted by Crippen LogP contribution is 2.18. The molecule has 1 rings (SSSR count). The fraction of sp³-hybridized carbons (Fsp3) is 0.429. The third kappa shape index (κ3) is 2.28. The molecule has 78 valence electrons. The fourth-order valence-corrected chi connectivity index (χ4v) is 1.38. The molecule has 0 aliphatic rings. The Labute approximate surface area is 87.0 Å². The van der Waals surface area contributed by atoms with Crippen LogP contribution in [0.2, 0.25) is 0 Å². The van der Waals surface area contributed by atoms with E-state index in [1.807, 2.05) is 0 Å².